The monoisotopic (exact) mass is 396 g/mol. The van der Waals surface area contributed by atoms with Crippen LogP contribution < -0.4 is 11.2 Å². The quantitative estimate of drug-likeness (QED) is 0.471. The Balaban J connectivity index is 0.000000597. The average molecular weight is 396 g/mol. The van der Waals surface area contributed by atoms with Crippen LogP contribution in [0.3, 0.4) is 0 Å². The number of aryl methyl sites for hydroxylation is 1. The first-order valence-corrected chi connectivity index (χ1v) is 9.55. The minimum Gasteiger partial charge on any atom is -0.390 e. The van der Waals surface area contributed by atoms with E-state index in [1.165, 1.54) is 13.1 Å². The molecule has 0 aliphatic carbocycles. The first kappa shape index (κ1) is 22.7. The van der Waals surface area contributed by atoms with Gasteiger partial charge in [0.2, 0.25) is 0 Å². The van der Waals surface area contributed by atoms with Crippen molar-refractivity contribution < 1.29 is 33.5 Å². The van der Waals surface area contributed by atoms with Crippen molar-refractivity contribution in [2.75, 3.05) is 19.8 Å². The Bertz CT molecular complexity index is 724. The maximum Gasteiger partial charge on any atom is 0.469 e. The molecule has 1 saturated heterocycles. The molecule has 1 fully saturated rings. The molecule has 11 nitrogen and oxygen atoms in total. The van der Waals surface area contributed by atoms with E-state index < -0.39 is 44.1 Å². The van der Waals surface area contributed by atoms with Crippen LogP contribution in [0.5, 0.6) is 0 Å². The molecule has 2 rings (SSSR count). The van der Waals surface area contributed by atoms with Crippen molar-refractivity contribution in [1.29, 1.82) is 0 Å². The maximum atomic E-state index is 11.7. The van der Waals surface area contributed by atoms with Crippen molar-refractivity contribution in [1.82, 2.24) is 9.55 Å². The molecular weight excluding hydrogens is 371 g/mol. The number of nitrogens with zero attached hydrogens (tertiary/aromatic N) is 1. The Hall–Kier alpha value is -1.33. The lowest BCUT2D eigenvalue weighted by atomic mass is 10.2. The molecule has 0 saturated carbocycles. The molecule has 0 radical (unpaired) electrons. The highest BCUT2D eigenvalue weighted by atomic mass is 31.2. The number of hydrogen-bond acceptors (Lipinski definition) is 7. The summed E-state index contributed by atoms with van der Waals surface area (Å²) in [6.45, 7) is 6.66. The number of nitrogens with one attached hydrogen (secondary N) is 1. The summed E-state index contributed by atoms with van der Waals surface area (Å²) in [5.74, 6) is 0. The van der Waals surface area contributed by atoms with Crippen LogP contribution in [-0.2, 0) is 18.6 Å². The van der Waals surface area contributed by atoms with Gasteiger partial charge in [-0.3, -0.25) is 18.9 Å². The highest BCUT2D eigenvalue weighted by Gasteiger charge is 2.37. The van der Waals surface area contributed by atoms with E-state index in [0.717, 1.165) is 17.8 Å². The van der Waals surface area contributed by atoms with E-state index in [0.29, 0.717) is 5.56 Å². The fourth-order valence-corrected chi connectivity index (χ4v) is 2.55. The standard InChI is InChI=1S/C10H15N2O8P.C4H10O/c1-5-3-12(10(15)11-9(5)14)8-2-6(13)7(20-8)4-19-21(16,17)18;1-3-5-4-2/h3,6-8,13H,2,4H2,1H3,(H,11,14,15)(H2,16,17,18);3-4H2,1-2H3/t6-,7+,8+;/m0./s1. The smallest absolute Gasteiger partial charge is 0.390 e. The van der Waals surface area contributed by atoms with E-state index in [9.17, 15) is 19.3 Å². The fourth-order valence-electron chi connectivity index (χ4n) is 2.21. The minimum absolute atomic E-state index is 0.0283. The lowest BCUT2D eigenvalue weighted by molar-refractivity contribution is -0.0451. The number of aliphatic hydroxyl groups excluding tert-OH is 1. The van der Waals surface area contributed by atoms with Gasteiger partial charge in [0.15, 0.2) is 0 Å². The molecule has 150 valence electrons. The zero-order valence-electron chi connectivity index (χ0n) is 14.8. The van der Waals surface area contributed by atoms with Crippen molar-refractivity contribution >= 4 is 7.82 Å². The van der Waals surface area contributed by atoms with Gasteiger partial charge in [0.05, 0.1) is 12.7 Å². The minimum atomic E-state index is -4.67. The van der Waals surface area contributed by atoms with Gasteiger partial charge in [-0.25, -0.2) is 9.36 Å². The number of H-pyrrole nitrogens is 1. The average Bonchev–Trinajstić information content (AvgIpc) is 2.90. The van der Waals surface area contributed by atoms with Crippen LogP contribution in [0.4, 0.5) is 0 Å². The summed E-state index contributed by atoms with van der Waals surface area (Å²) in [6.07, 6.45) is -1.57. The number of aromatic nitrogens is 2. The zero-order valence-corrected chi connectivity index (χ0v) is 15.7. The highest BCUT2D eigenvalue weighted by Crippen LogP contribution is 2.38. The van der Waals surface area contributed by atoms with Crippen LogP contribution in [0.1, 0.15) is 32.1 Å². The van der Waals surface area contributed by atoms with Gasteiger partial charge in [0.1, 0.15) is 12.3 Å². The van der Waals surface area contributed by atoms with Gasteiger partial charge < -0.3 is 24.4 Å². The maximum absolute atomic E-state index is 11.7. The second kappa shape index (κ2) is 10.1. The summed E-state index contributed by atoms with van der Waals surface area (Å²) in [6, 6.07) is 0. The normalized spacial score (nSPS) is 22.8. The number of aromatic amines is 1. The molecule has 2 heterocycles. The van der Waals surface area contributed by atoms with Crippen molar-refractivity contribution in [3.63, 3.8) is 0 Å². The molecule has 12 heteroatoms. The number of phosphoric ester groups is 1. The third-order valence-corrected chi connectivity index (χ3v) is 3.96. The van der Waals surface area contributed by atoms with E-state index in [1.54, 1.807) is 0 Å². The van der Waals surface area contributed by atoms with Gasteiger partial charge in [-0.1, -0.05) is 0 Å². The number of rotatable bonds is 6. The first-order chi connectivity index (χ1) is 12.1. The van der Waals surface area contributed by atoms with Crippen molar-refractivity contribution in [2.45, 2.75) is 45.6 Å². The molecule has 0 spiro atoms. The molecular formula is C14H25N2O9P. The van der Waals surface area contributed by atoms with Gasteiger partial charge in [-0.15, -0.1) is 0 Å². The van der Waals surface area contributed by atoms with E-state index in [1.807, 2.05) is 13.8 Å². The molecule has 0 bridgehead atoms. The molecule has 1 aliphatic heterocycles. The zero-order chi connectivity index (χ0) is 19.9. The molecule has 26 heavy (non-hydrogen) atoms. The SMILES string of the molecule is CCOCC.Cc1cn([C@H]2C[C@H](O)[C@@H](COP(=O)(O)O)O2)c(=O)[nH]c1=O. The largest absolute Gasteiger partial charge is 0.469 e. The van der Waals surface area contributed by atoms with Crippen LogP contribution in [0.25, 0.3) is 0 Å². The molecule has 4 N–H and O–H groups in total. The molecule has 0 aromatic carbocycles. The summed E-state index contributed by atoms with van der Waals surface area (Å²) >= 11 is 0. The van der Waals surface area contributed by atoms with Crippen molar-refractivity contribution in [3.8, 4) is 0 Å². The van der Waals surface area contributed by atoms with Gasteiger partial charge in [-0.2, -0.15) is 0 Å². The van der Waals surface area contributed by atoms with Gasteiger partial charge >= 0.3 is 13.5 Å². The molecule has 0 amide bonds. The van der Waals surface area contributed by atoms with Gasteiger partial charge in [-0.05, 0) is 20.8 Å². The lowest BCUT2D eigenvalue weighted by Crippen LogP contribution is -2.33. The predicted molar refractivity (Wildman–Crippen MR) is 90.8 cm³/mol. The summed E-state index contributed by atoms with van der Waals surface area (Å²) in [5, 5.41) is 9.79. The Labute approximate surface area is 149 Å². The van der Waals surface area contributed by atoms with E-state index >= 15 is 0 Å². The highest BCUT2D eigenvalue weighted by molar-refractivity contribution is 7.46. The molecule has 0 unspecified atom stereocenters. The van der Waals surface area contributed by atoms with E-state index in [4.69, 9.17) is 19.3 Å². The van der Waals surface area contributed by atoms with E-state index in [2.05, 4.69) is 9.51 Å². The van der Waals surface area contributed by atoms with Crippen LogP contribution in [0.2, 0.25) is 0 Å². The van der Waals surface area contributed by atoms with E-state index in [-0.39, 0.29) is 6.42 Å². The lowest BCUT2D eigenvalue weighted by Gasteiger charge is -2.16. The third kappa shape index (κ3) is 7.12. The number of phosphoric acid groups is 1. The van der Waals surface area contributed by atoms with Crippen LogP contribution in [0.15, 0.2) is 15.8 Å². The summed E-state index contributed by atoms with van der Waals surface area (Å²) in [4.78, 5) is 42.3. The summed E-state index contributed by atoms with van der Waals surface area (Å²) < 4.78 is 26.2. The second-order valence-electron chi connectivity index (χ2n) is 5.48. The van der Waals surface area contributed by atoms with Crippen molar-refractivity contribution in [3.05, 3.63) is 32.6 Å². The Morgan fingerprint density at radius 2 is 1.96 bits per heavy atom. The summed E-state index contributed by atoms with van der Waals surface area (Å²) in [7, 11) is -4.67. The molecule has 3 atom stereocenters. The third-order valence-electron chi connectivity index (χ3n) is 3.48. The second-order valence-corrected chi connectivity index (χ2v) is 6.72. The van der Waals surface area contributed by atoms with Gasteiger partial charge in [0.25, 0.3) is 5.56 Å². The Kier molecular flexibility index (Phi) is 8.84. The van der Waals surface area contributed by atoms with Crippen molar-refractivity contribution in [2.24, 2.45) is 0 Å². The van der Waals surface area contributed by atoms with Crippen LogP contribution >= 0.6 is 7.82 Å². The molecule has 1 aliphatic rings. The number of hydrogen-bond donors (Lipinski definition) is 4. The first-order valence-electron chi connectivity index (χ1n) is 8.02. The van der Waals surface area contributed by atoms with Gasteiger partial charge in [0, 0.05) is 31.4 Å². The predicted octanol–water partition coefficient (Wildman–Crippen LogP) is -0.354. The Morgan fingerprint density at radius 3 is 2.46 bits per heavy atom. The molecule has 1 aromatic heterocycles. The summed E-state index contributed by atoms with van der Waals surface area (Å²) in [5.41, 5.74) is -0.918. The number of ether oxygens (including phenoxy) is 2. The molecule has 1 aromatic rings. The Morgan fingerprint density at radius 1 is 1.35 bits per heavy atom. The van der Waals surface area contributed by atoms with Crippen LogP contribution in [-0.4, -0.2) is 56.5 Å². The topological polar surface area (TPSA) is 160 Å². The van der Waals surface area contributed by atoms with Crippen LogP contribution in [0, 0.1) is 6.92 Å². The fraction of sp³-hybridized carbons (Fsp3) is 0.714. The number of aliphatic hydroxyl groups is 1.